The Morgan fingerprint density at radius 2 is 1.62 bits per heavy atom. The van der Waals surface area contributed by atoms with Crippen LogP contribution >= 0.6 is 0 Å². The number of aromatic nitrogens is 3. The molecule has 21 heavy (non-hydrogen) atoms. The molecule has 2 heterocycles. The van der Waals surface area contributed by atoms with E-state index in [9.17, 15) is 0 Å². The van der Waals surface area contributed by atoms with Crippen LogP contribution in [0.3, 0.4) is 0 Å². The predicted octanol–water partition coefficient (Wildman–Crippen LogP) is 3.13. The smallest absolute Gasteiger partial charge is 0.213 e. The van der Waals surface area contributed by atoms with Gasteiger partial charge < -0.3 is 15.1 Å². The van der Waals surface area contributed by atoms with Crippen molar-refractivity contribution in [1.82, 2.24) is 15.0 Å². The van der Waals surface area contributed by atoms with Gasteiger partial charge in [0.15, 0.2) is 0 Å². The van der Waals surface area contributed by atoms with Gasteiger partial charge in [-0.25, -0.2) is 15.0 Å². The lowest BCUT2D eigenvalue weighted by Gasteiger charge is -2.13. The molecule has 2 aromatic rings. The second-order valence-electron chi connectivity index (χ2n) is 5.12. The van der Waals surface area contributed by atoms with E-state index in [2.05, 4.69) is 32.5 Å². The standard InChI is InChI=1S/C15H23N5O/c1-6-7-16-14-9(2)15(20-12(5)19-14)17-8-13-18-10(3)11(4)21-13/h6-8H2,1-5H3,(H2,16,17,19,20). The largest absolute Gasteiger partial charge is 0.444 e. The van der Waals surface area contributed by atoms with E-state index in [1.807, 2.05) is 27.7 Å². The minimum absolute atomic E-state index is 0.513. The fraction of sp³-hybridized carbons (Fsp3) is 0.533. The average Bonchev–Trinajstić information content (AvgIpc) is 2.76. The molecule has 2 aromatic heterocycles. The van der Waals surface area contributed by atoms with Crippen LogP contribution in [0.2, 0.25) is 0 Å². The first kappa shape index (κ1) is 15.3. The van der Waals surface area contributed by atoms with Gasteiger partial charge in [0.25, 0.3) is 0 Å². The summed E-state index contributed by atoms with van der Waals surface area (Å²) in [6.45, 7) is 11.3. The molecule has 0 bridgehead atoms. The molecule has 0 radical (unpaired) electrons. The summed E-state index contributed by atoms with van der Waals surface area (Å²) in [7, 11) is 0. The van der Waals surface area contributed by atoms with Crippen molar-refractivity contribution in [1.29, 1.82) is 0 Å². The van der Waals surface area contributed by atoms with Crippen molar-refractivity contribution in [3.05, 3.63) is 28.7 Å². The third-order valence-corrected chi connectivity index (χ3v) is 3.28. The average molecular weight is 289 g/mol. The predicted molar refractivity (Wildman–Crippen MR) is 83.6 cm³/mol. The van der Waals surface area contributed by atoms with Crippen LogP contribution in [0.25, 0.3) is 0 Å². The van der Waals surface area contributed by atoms with Crippen molar-refractivity contribution in [2.24, 2.45) is 0 Å². The van der Waals surface area contributed by atoms with E-state index in [4.69, 9.17) is 4.42 Å². The molecule has 114 valence electrons. The van der Waals surface area contributed by atoms with Gasteiger partial charge in [0, 0.05) is 12.1 Å². The lowest BCUT2D eigenvalue weighted by Crippen LogP contribution is -2.10. The Kier molecular flexibility index (Phi) is 4.77. The van der Waals surface area contributed by atoms with E-state index in [1.54, 1.807) is 0 Å². The van der Waals surface area contributed by atoms with Gasteiger partial charge in [-0.2, -0.15) is 0 Å². The van der Waals surface area contributed by atoms with Crippen molar-refractivity contribution in [3.8, 4) is 0 Å². The highest BCUT2D eigenvalue weighted by molar-refractivity contribution is 5.57. The summed E-state index contributed by atoms with van der Waals surface area (Å²) in [6.07, 6.45) is 1.06. The molecule has 0 saturated heterocycles. The molecule has 0 unspecified atom stereocenters. The Labute approximate surface area is 125 Å². The zero-order chi connectivity index (χ0) is 15.4. The van der Waals surface area contributed by atoms with Gasteiger partial charge in [-0.3, -0.25) is 0 Å². The normalized spacial score (nSPS) is 10.7. The van der Waals surface area contributed by atoms with Crippen LogP contribution in [0.15, 0.2) is 4.42 Å². The zero-order valence-corrected chi connectivity index (χ0v) is 13.4. The summed E-state index contributed by atoms with van der Waals surface area (Å²) >= 11 is 0. The molecule has 0 atom stereocenters. The molecule has 0 fully saturated rings. The van der Waals surface area contributed by atoms with E-state index < -0.39 is 0 Å². The Hall–Kier alpha value is -2.11. The van der Waals surface area contributed by atoms with Gasteiger partial charge in [-0.15, -0.1) is 0 Å². The maximum atomic E-state index is 5.57. The lowest BCUT2D eigenvalue weighted by molar-refractivity contribution is 0.478. The third-order valence-electron chi connectivity index (χ3n) is 3.28. The summed E-state index contributed by atoms with van der Waals surface area (Å²) in [4.78, 5) is 13.3. The van der Waals surface area contributed by atoms with E-state index in [0.717, 1.165) is 47.4 Å². The minimum atomic E-state index is 0.513. The first-order valence-corrected chi connectivity index (χ1v) is 7.27. The van der Waals surface area contributed by atoms with Crippen molar-refractivity contribution < 1.29 is 4.42 Å². The quantitative estimate of drug-likeness (QED) is 0.851. The second-order valence-corrected chi connectivity index (χ2v) is 5.12. The molecule has 6 nitrogen and oxygen atoms in total. The van der Waals surface area contributed by atoms with Gasteiger partial charge in [-0.1, -0.05) is 6.92 Å². The van der Waals surface area contributed by atoms with Crippen LogP contribution < -0.4 is 10.6 Å². The summed E-state index contributed by atoms with van der Waals surface area (Å²) in [5.41, 5.74) is 1.93. The molecule has 0 saturated carbocycles. The number of nitrogens with zero attached hydrogens (tertiary/aromatic N) is 3. The van der Waals surface area contributed by atoms with E-state index in [1.165, 1.54) is 0 Å². The van der Waals surface area contributed by atoms with Gasteiger partial charge in [0.2, 0.25) is 5.89 Å². The zero-order valence-electron chi connectivity index (χ0n) is 13.4. The van der Waals surface area contributed by atoms with Gasteiger partial charge >= 0.3 is 0 Å². The molecule has 2 rings (SSSR count). The summed E-state index contributed by atoms with van der Waals surface area (Å²) in [6, 6.07) is 0. The highest BCUT2D eigenvalue weighted by Crippen LogP contribution is 2.20. The third kappa shape index (κ3) is 3.71. The molecule has 0 aromatic carbocycles. The summed E-state index contributed by atoms with van der Waals surface area (Å²) in [5.74, 6) is 3.96. The van der Waals surface area contributed by atoms with Crippen LogP contribution in [0.1, 0.15) is 42.1 Å². The van der Waals surface area contributed by atoms with Crippen LogP contribution in [0.4, 0.5) is 11.6 Å². The number of oxazole rings is 1. The molecule has 2 N–H and O–H groups in total. The monoisotopic (exact) mass is 289 g/mol. The maximum Gasteiger partial charge on any atom is 0.213 e. The van der Waals surface area contributed by atoms with Crippen molar-refractivity contribution in [2.75, 3.05) is 17.2 Å². The Morgan fingerprint density at radius 1 is 0.952 bits per heavy atom. The summed E-state index contributed by atoms with van der Waals surface area (Å²) in [5, 5.41) is 6.61. The fourth-order valence-corrected chi connectivity index (χ4v) is 1.99. The van der Waals surface area contributed by atoms with Crippen LogP contribution in [0.5, 0.6) is 0 Å². The first-order valence-electron chi connectivity index (χ1n) is 7.27. The number of hydrogen-bond acceptors (Lipinski definition) is 6. The second kappa shape index (κ2) is 6.56. The van der Waals surface area contributed by atoms with Crippen LogP contribution in [-0.2, 0) is 6.54 Å². The molecule has 0 amide bonds. The van der Waals surface area contributed by atoms with E-state index in [0.29, 0.717) is 12.4 Å². The highest BCUT2D eigenvalue weighted by Gasteiger charge is 2.10. The number of anilines is 2. The Bertz CT molecular complexity index is 601. The Morgan fingerprint density at radius 3 is 2.19 bits per heavy atom. The van der Waals surface area contributed by atoms with Crippen molar-refractivity contribution in [2.45, 2.75) is 47.6 Å². The summed E-state index contributed by atoms with van der Waals surface area (Å²) < 4.78 is 5.57. The number of aryl methyl sites for hydroxylation is 3. The lowest BCUT2D eigenvalue weighted by atomic mass is 10.3. The van der Waals surface area contributed by atoms with Gasteiger partial charge in [0.05, 0.1) is 12.2 Å². The minimum Gasteiger partial charge on any atom is -0.444 e. The van der Waals surface area contributed by atoms with Crippen molar-refractivity contribution >= 4 is 11.6 Å². The molecular weight excluding hydrogens is 266 g/mol. The van der Waals surface area contributed by atoms with Gasteiger partial charge in [-0.05, 0) is 34.1 Å². The maximum absolute atomic E-state index is 5.57. The number of rotatable bonds is 6. The Balaban J connectivity index is 2.13. The molecule has 0 aliphatic heterocycles. The molecule has 0 spiro atoms. The first-order chi connectivity index (χ1) is 10.0. The highest BCUT2D eigenvalue weighted by atomic mass is 16.4. The number of nitrogens with one attached hydrogen (secondary N) is 2. The van der Waals surface area contributed by atoms with E-state index in [-0.39, 0.29) is 0 Å². The van der Waals surface area contributed by atoms with Gasteiger partial charge in [0.1, 0.15) is 23.2 Å². The van der Waals surface area contributed by atoms with Crippen LogP contribution in [0, 0.1) is 27.7 Å². The van der Waals surface area contributed by atoms with E-state index >= 15 is 0 Å². The molecule has 0 aliphatic rings. The van der Waals surface area contributed by atoms with Crippen molar-refractivity contribution in [3.63, 3.8) is 0 Å². The topological polar surface area (TPSA) is 75.9 Å². The molecular formula is C15H23N5O. The van der Waals surface area contributed by atoms with Crippen LogP contribution in [-0.4, -0.2) is 21.5 Å². The fourth-order valence-electron chi connectivity index (χ4n) is 1.99. The molecule has 6 heteroatoms. The molecule has 0 aliphatic carbocycles. The number of hydrogen-bond donors (Lipinski definition) is 2. The SMILES string of the molecule is CCCNc1nc(C)nc(NCc2nc(C)c(C)o2)c1C.